The number of hydrogen-bond donors (Lipinski definition) is 1. The zero-order chi connectivity index (χ0) is 15.6. The van der Waals surface area contributed by atoms with Gasteiger partial charge in [-0.25, -0.2) is 9.07 Å². The van der Waals surface area contributed by atoms with Gasteiger partial charge in [0, 0.05) is 18.8 Å². The van der Waals surface area contributed by atoms with Crippen LogP contribution in [0.3, 0.4) is 0 Å². The highest BCUT2D eigenvalue weighted by molar-refractivity contribution is 5.42. The largest absolute Gasteiger partial charge is 0.435 e. The molecule has 0 saturated carbocycles. The van der Waals surface area contributed by atoms with Crippen LogP contribution in [0.15, 0.2) is 30.5 Å². The van der Waals surface area contributed by atoms with Gasteiger partial charge < -0.3 is 5.32 Å². The van der Waals surface area contributed by atoms with Gasteiger partial charge in [-0.2, -0.15) is 18.3 Å². The summed E-state index contributed by atoms with van der Waals surface area (Å²) in [4.78, 5) is 0. The Labute approximate surface area is 119 Å². The number of nitrogens with one attached hydrogen (secondary N) is 1. The third-order valence-corrected chi connectivity index (χ3v) is 2.88. The Morgan fingerprint density at radius 2 is 1.95 bits per heavy atom. The van der Waals surface area contributed by atoms with Crippen molar-refractivity contribution in [2.24, 2.45) is 0 Å². The molecule has 0 spiro atoms. The third-order valence-electron chi connectivity index (χ3n) is 2.88. The minimum absolute atomic E-state index is 0.0288. The highest BCUT2D eigenvalue weighted by Crippen LogP contribution is 2.28. The van der Waals surface area contributed by atoms with E-state index in [0.717, 1.165) is 16.9 Å². The summed E-state index contributed by atoms with van der Waals surface area (Å²) in [6.45, 7) is 4.19. The summed E-state index contributed by atoms with van der Waals surface area (Å²) in [5, 5.41) is 6.53. The first-order valence-electron chi connectivity index (χ1n) is 6.43. The Morgan fingerprint density at radius 1 is 1.24 bits per heavy atom. The number of alkyl halides is 3. The van der Waals surface area contributed by atoms with Crippen LogP contribution in [0.25, 0.3) is 5.69 Å². The molecule has 7 heteroatoms. The number of benzene rings is 1. The van der Waals surface area contributed by atoms with Gasteiger partial charge in [-0.05, 0) is 17.7 Å². The second-order valence-corrected chi connectivity index (χ2v) is 4.93. The number of aromatic nitrogens is 2. The molecule has 21 heavy (non-hydrogen) atoms. The molecule has 0 bridgehead atoms. The van der Waals surface area contributed by atoms with Crippen molar-refractivity contribution in [1.29, 1.82) is 0 Å². The first-order chi connectivity index (χ1) is 9.79. The van der Waals surface area contributed by atoms with Crippen LogP contribution in [0.4, 0.5) is 17.6 Å². The van der Waals surface area contributed by atoms with E-state index >= 15 is 0 Å². The molecule has 1 heterocycles. The topological polar surface area (TPSA) is 29.9 Å². The minimum Gasteiger partial charge on any atom is -0.310 e. The predicted octanol–water partition coefficient (Wildman–Crippen LogP) is 3.53. The lowest BCUT2D eigenvalue weighted by Gasteiger charge is -2.13. The molecular weight excluding hydrogens is 286 g/mol. The molecule has 1 aromatic heterocycles. The average Bonchev–Trinajstić information content (AvgIpc) is 2.85. The Kier molecular flexibility index (Phi) is 4.32. The van der Waals surface area contributed by atoms with Crippen LogP contribution in [-0.2, 0) is 12.7 Å². The maximum Gasteiger partial charge on any atom is 0.435 e. The standard InChI is InChI=1S/C14H15F4N3/c1-9(2)19-8-10-4-3-5-11(15)13(10)21-7-6-12(20-21)14(16,17)18/h3-7,9,19H,8H2,1-2H3. The van der Waals surface area contributed by atoms with Crippen molar-refractivity contribution in [3.05, 3.63) is 47.5 Å². The second-order valence-electron chi connectivity index (χ2n) is 4.93. The fourth-order valence-electron chi connectivity index (χ4n) is 1.87. The van der Waals surface area contributed by atoms with Gasteiger partial charge in [-0.15, -0.1) is 0 Å². The molecule has 0 aliphatic heterocycles. The Hall–Kier alpha value is -1.89. The van der Waals surface area contributed by atoms with E-state index in [1.165, 1.54) is 12.1 Å². The molecule has 2 aromatic rings. The molecule has 1 aromatic carbocycles. The molecule has 0 radical (unpaired) electrons. The van der Waals surface area contributed by atoms with Crippen LogP contribution in [0.5, 0.6) is 0 Å². The highest BCUT2D eigenvalue weighted by atomic mass is 19.4. The molecule has 0 saturated heterocycles. The summed E-state index contributed by atoms with van der Waals surface area (Å²) in [5.41, 5.74) is -0.477. The van der Waals surface area contributed by atoms with Gasteiger partial charge in [0.1, 0.15) is 11.5 Å². The fraction of sp³-hybridized carbons (Fsp3) is 0.357. The molecular formula is C14H15F4N3. The van der Waals surface area contributed by atoms with Crippen molar-refractivity contribution in [1.82, 2.24) is 15.1 Å². The quantitative estimate of drug-likeness (QED) is 0.876. The number of nitrogens with zero attached hydrogens (tertiary/aromatic N) is 2. The van der Waals surface area contributed by atoms with Crippen LogP contribution in [0, 0.1) is 5.82 Å². The molecule has 114 valence electrons. The molecule has 0 fully saturated rings. The van der Waals surface area contributed by atoms with Crippen LogP contribution >= 0.6 is 0 Å². The summed E-state index contributed by atoms with van der Waals surface area (Å²) in [5.74, 6) is -0.616. The molecule has 0 unspecified atom stereocenters. The smallest absolute Gasteiger partial charge is 0.310 e. The van der Waals surface area contributed by atoms with Crippen LogP contribution in [0.2, 0.25) is 0 Å². The van der Waals surface area contributed by atoms with Gasteiger partial charge in [-0.3, -0.25) is 0 Å². The van der Waals surface area contributed by atoms with Gasteiger partial charge in [0.15, 0.2) is 5.69 Å². The van der Waals surface area contributed by atoms with Crippen molar-refractivity contribution >= 4 is 0 Å². The average molecular weight is 301 g/mol. The summed E-state index contributed by atoms with van der Waals surface area (Å²) < 4.78 is 52.7. The summed E-state index contributed by atoms with van der Waals surface area (Å²) in [7, 11) is 0. The molecule has 0 atom stereocenters. The minimum atomic E-state index is -4.55. The van der Waals surface area contributed by atoms with Crippen molar-refractivity contribution in [3.8, 4) is 5.69 Å². The van der Waals surface area contributed by atoms with Gasteiger partial charge in [0.25, 0.3) is 0 Å². The second kappa shape index (κ2) is 5.85. The lowest BCUT2D eigenvalue weighted by Crippen LogP contribution is -2.23. The predicted molar refractivity (Wildman–Crippen MR) is 70.5 cm³/mol. The molecule has 0 amide bonds. The molecule has 3 nitrogen and oxygen atoms in total. The third kappa shape index (κ3) is 3.60. The van der Waals surface area contributed by atoms with E-state index in [9.17, 15) is 17.6 Å². The zero-order valence-electron chi connectivity index (χ0n) is 11.6. The van der Waals surface area contributed by atoms with Crippen LogP contribution in [-0.4, -0.2) is 15.8 Å². The Balaban J connectivity index is 2.40. The molecule has 0 aliphatic rings. The zero-order valence-corrected chi connectivity index (χ0v) is 11.6. The van der Waals surface area contributed by atoms with Crippen LogP contribution < -0.4 is 5.32 Å². The Morgan fingerprint density at radius 3 is 2.52 bits per heavy atom. The summed E-state index contributed by atoms with van der Waals surface area (Å²) >= 11 is 0. The van der Waals surface area contributed by atoms with Gasteiger partial charge >= 0.3 is 6.18 Å². The van der Waals surface area contributed by atoms with Gasteiger partial charge in [-0.1, -0.05) is 26.0 Å². The van der Waals surface area contributed by atoms with Crippen LogP contribution in [0.1, 0.15) is 25.1 Å². The first kappa shape index (κ1) is 15.5. The lowest BCUT2D eigenvalue weighted by molar-refractivity contribution is -0.141. The maximum atomic E-state index is 14.0. The van der Waals surface area contributed by atoms with Gasteiger partial charge in [0.2, 0.25) is 0 Å². The van der Waals surface area contributed by atoms with E-state index in [4.69, 9.17) is 0 Å². The van der Waals surface area contributed by atoms with Crippen molar-refractivity contribution in [2.45, 2.75) is 32.6 Å². The highest BCUT2D eigenvalue weighted by Gasteiger charge is 2.34. The van der Waals surface area contributed by atoms with E-state index in [1.807, 2.05) is 13.8 Å². The first-order valence-corrected chi connectivity index (χ1v) is 6.43. The monoisotopic (exact) mass is 301 g/mol. The van der Waals surface area contributed by atoms with Crippen molar-refractivity contribution < 1.29 is 17.6 Å². The molecule has 2 rings (SSSR count). The number of hydrogen-bond acceptors (Lipinski definition) is 2. The normalized spacial score (nSPS) is 12.1. The van der Waals surface area contributed by atoms with E-state index in [2.05, 4.69) is 10.4 Å². The number of rotatable bonds is 4. The van der Waals surface area contributed by atoms with E-state index < -0.39 is 17.7 Å². The summed E-state index contributed by atoms with van der Waals surface area (Å²) in [6.07, 6.45) is -3.44. The van der Waals surface area contributed by atoms with E-state index in [1.54, 1.807) is 6.07 Å². The Bertz CT molecular complexity index is 617. The summed E-state index contributed by atoms with van der Waals surface area (Å²) in [6, 6.07) is 5.37. The van der Waals surface area contributed by atoms with Crippen molar-refractivity contribution in [2.75, 3.05) is 0 Å². The number of halogens is 4. The molecule has 1 N–H and O–H groups in total. The van der Waals surface area contributed by atoms with Crippen molar-refractivity contribution in [3.63, 3.8) is 0 Å². The van der Waals surface area contributed by atoms with Gasteiger partial charge in [0.05, 0.1) is 0 Å². The SMILES string of the molecule is CC(C)NCc1cccc(F)c1-n1ccc(C(F)(F)F)n1. The number of para-hydroxylation sites is 1. The lowest BCUT2D eigenvalue weighted by atomic mass is 10.1. The van der Waals surface area contributed by atoms with E-state index in [-0.39, 0.29) is 11.7 Å². The maximum absolute atomic E-state index is 14.0. The molecule has 0 aliphatic carbocycles. The fourth-order valence-corrected chi connectivity index (χ4v) is 1.87. The van der Waals surface area contributed by atoms with E-state index in [0.29, 0.717) is 12.1 Å².